The summed E-state index contributed by atoms with van der Waals surface area (Å²) >= 11 is 0. The second-order valence-corrected chi connectivity index (χ2v) is 5.04. The number of ether oxygens (including phenoxy) is 1. The molecular formula is C15H19NO4. The van der Waals surface area contributed by atoms with Crippen LogP contribution in [-0.2, 0) is 16.0 Å². The third kappa shape index (κ3) is 3.50. The van der Waals surface area contributed by atoms with Gasteiger partial charge in [0.25, 0.3) is 0 Å². The van der Waals surface area contributed by atoms with E-state index in [9.17, 15) is 9.59 Å². The van der Waals surface area contributed by atoms with E-state index in [4.69, 9.17) is 5.11 Å². The second-order valence-electron chi connectivity index (χ2n) is 5.04. The summed E-state index contributed by atoms with van der Waals surface area (Å²) in [6, 6.07) is 7.92. The van der Waals surface area contributed by atoms with Gasteiger partial charge in [0.05, 0.1) is 13.5 Å². The Morgan fingerprint density at radius 3 is 2.65 bits per heavy atom. The molecule has 0 aromatic heterocycles. The number of nitrogens with zero attached hydrogens (tertiary/aromatic N) is 1. The van der Waals surface area contributed by atoms with Gasteiger partial charge in [-0.2, -0.15) is 0 Å². The highest BCUT2D eigenvalue weighted by Gasteiger charge is 2.23. The lowest BCUT2D eigenvalue weighted by atomic mass is 9.88. The van der Waals surface area contributed by atoms with Crippen molar-refractivity contribution in [2.24, 2.45) is 0 Å². The lowest BCUT2D eigenvalue weighted by molar-refractivity contribution is -0.139. The van der Waals surface area contributed by atoms with E-state index in [0.29, 0.717) is 19.0 Å². The van der Waals surface area contributed by atoms with E-state index >= 15 is 0 Å². The molecule has 1 aromatic carbocycles. The van der Waals surface area contributed by atoms with Crippen molar-refractivity contribution in [2.45, 2.75) is 25.2 Å². The standard InChI is InChI=1S/C15H19NO4/c1-20-14(17)10-11-3-2-4-13(9-11)12-5-7-16(8-6-12)15(18)19/h2-4,9,12H,5-8,10H2,1H3,(H,18,19). The van der Waals surface area contributed by atoms with E-state index in [1.165, 1.54) is 17.6 Å². The molecule has 0 atom stereocenters. The van der Waals surface area contributed by atoms with Crippen LogP contribution in [0.1, 0.15) is 29.9 Å². The molecule has 1 fully saturated rings. The van der Waals surface area contributed by atoms with Crippen LogP contribution >= 0.6 is 0 Å². The molecule has 1 heterocycles. The molecule has 0 radical (unpaired) electrons. The Bertz CT molecular complexity index is 492. The zero-order valence-electron chi connectivity index (χ0n) is 11.5. The van der Waals surface area contributed by atoms with Gasteiger partial charge in [0, 0.05) is 13.1 Å². The molecule has 1 N–H and O–H groups in total. The fourth-order valence-corrected chi connectivity index (χ4v) is 2.60. The molecule has 1 amide bonds. The van der Waals surface area contributed by atoms with Crippen molar-refractivity contribution in [1.29, 1.82) is 0 Å². The molecule has 5 heteroatoms. The van der Waals surface area contributed by atoms with Gasteiger partial charge in [-0.15, -0.1) is 0 Å². The Morgan fingerprint density at radius 2 is 2.05 bits per heavy atom. The molecule has 1 saturated heterocycles. The van der Waals surface area contributed by atoms with E-state index in [1.807, 2.05) is 24.3 Å². The third-order valence-electron chi connectivity index (χ3n) is 3.76. The Balaban J connectivity index is 2.01. The van der Waals surface area contributed by atoms with Gasteiger partial charge >= 0.3 is 12.1 Å². The van der Waals surface area contributed by atoms with Crippen LogP contribution in [0.2, 0.25) is 0 Å². The Kier molecular flexibility index (Phi) is 4.61. The number of rotatable bonds is 3. The van der Waals surface area contributed by atoms with Crippen molar-refractivity contribution in [1.82, 2.24) is 4.90 Å². The van der Waals surface area contributed by atoms with Crippen LogP contribution in [-0.4, -0.2) is 42.3 Å². The molecule has 2 rings (SSSR count). The first-order chi connectivity index (χ1) is 9.60. The molecule has 0 saturated carbocycles. The number of hydrogen-bond acceptors (Lipinski definition) is 3. The van der Waals surface area contributed by atoms with E-state index in [-0.39, 0.29) is 12.4 Å². The number of carbonyl (C=O) groups excluding carboxylic acids is 1. The summed E-state index contributed by atoms with van der Waals surface area (Å²) in [5.41, 5.74) is 2.12. The predicted octanol–water partition coefficient (Wildman–Crippen LogP) is 2.26. The Hall–Kier alpha value is -2.04. The molecule has 0 unspecified atom stereocenters. The van der Waals surface area contributed by atoms with Gasteiger partial charge in [-0.25, -0.2) is 4.79 Å². The zero-order valence-corrected chi connectivity index (χ0v) is 11.5. The maximum absolute atomic E-state index is 11.3. The first-order valence-electron chi connectivity index (χ1n) is 6.73. The first kappa shape index (κ1) is 14.4. The van der Waals surface area contributed by atoms with Gasteiger partial charge in [0.2, 0.25) is 0 Å². The largest absolute Gasteiger partial charge is 0.469 e. The molecule has 20 heavy (non-hydrogen) atoms. The molecule has 5 nitrogen and oxygen atoms in total. The van der Waals surface area contributed by atoms with Crippen molar-refractivity contribution in [3.63, 3.8) is 0 Å². The normalized spacial score (nSPS) is 15.9. The van der Waals surface area contributed by atoms with E-state index in [0.717, 1.165) is 18.4 Å². The molecule has 0 bridgehead atoms. The number of piperidine rings is 1. The highest BCUT2D eigenvalue weighted by atomic mass is 16.5. The second kappa shape index (κ2) is 6.41. The van der Waals surface area contributed by atoms with Gasteiger partial charge in [-0.3, -0.25) is 4.79 Å². The van der Waals surface area contributed by atoms with Crippen molar-refractivity contribution < 1.29 is 19.4 Å². The highest BCUT2D eigenvalue weighted by molar-refractivity contribution is 5.72. The van der Waals surface area contributed by atoms with Crippen LogP contribution < -0.4 is 0 Å². The van der Waals surface area contributed by atoms with Gasteiger partial charge in [0.1, 0.15) is 0 Å². The van der Waals surface area contributed by atoms with Crippen molar-refractivity contribution in [2.75, 3.05) is 20.2 Å². The topological polar surface area (TPSA) is 66.8 Å². The number of amides is 1. The average Bonchev–Trinajstić information content (AvgIpc) is 2.47. The maximum Gasteiger partial charge on any atom is 0.407 e. The number of benzene rings is 1. The van der Waals surface area contributed by atoms with Gasteiger partial charge < -0.3 is 14.7 Å². The number of methoxy groups -OCH3 is 1. The minimum Gasteiger partial charge on any atom is -0.469 e. The molecule has 0 spiro atoms. The summed E-state index contributed by atoms with van der Waals surface area (Å²) in [5.74, 6) is 0.117. The van der Waals surface area contributed by atoms with E-state index in [2.05, 4.69) is 4.74 Å². The minimum absolute atomic E-state index is 0.247. The fraction of sp³-hybridized carbons (Fsp3) is 0.467. The predicted molar refractivity (Wildman–Crippen MR) is 73.7 cm³/mol. The smallest absolute Gasteiger partial charge is 0.407 e. The molecule has 1 aliphatic rings. The molecular weight excluding hydrogens is 258 g/mol. The molecule has 0 aliphatic carbocycles. The summed E-state index contributed by atoms with van der Waals surface area (Å²) in [7, 11) is 1.38. The minimum atomic E-state index is -0.845. The third-order valence-corrected chi connectivity index (χ3v) is 3.76. The van der Waals surface area contributed by atoms with Crippen LogP contribution in [0, 0.1) is 0 Å². The summed E-state index contributed by atoms with van der Waals surface area (Å²) < 4.78 is 4.67. The SMILES string of the molecule is COC(=O)Cc1cccc(C2CCN(C(=O)O)CC2)c1. The number of carboxylic acid groups (broad SMARTS) is 1. The summed E-state index contributed by atoms with van der Waals surface area (Å²) in [4.78, 5) is 23.6. The van der Waals surface area contributed by atoms with Crippen LogP contribution in [0.4, 0.5) is 4.79 Å². The Labute approximate surface area is 118 Å². The van der Waals surface area contributed by atoms with Crippen molar-refractivity contribution >= 4 is 12.1 Å². The van der Waals surface area contributed by atoms with Gasteiger partial charge in [-0.1, -0.05) is 24.3 Å². The first-order valence-corrected chi connectivity index (χ1v) is 6.73. The maximum atomic E-state index is 11.3. The molecule has 108 valence electrons. The van der Waals surface area contributed by atoms with Crippen molar-refractivity contribution in [3.8, 4) is 0 Å². The van der Waals surface area contributed by atoms with Crippen molar-refractivity contribution in [3.05, 3.63) is 35.4 Å². The monoisotopic (exact) mass is 277 g/mol. The number of likely N-dealkylation sites (tertiary alicyclic amines) is 1. The lowest BCUT2D eigenvalue weighted by Crippen LogP contribution is -2.36. The summed E-state index contributed by atoms with van der Waals surface area (Å²) in [6.45, 7) is 1.14. The van der Waals surface area contributed by atoms with E-state index < -0.39 is 6.09 Å². The zero-order chi connectivity index (χ0) is 14.5. The number of carbonyl (C=O) groups is 2. The molecule has 1 aliphatic heterocycles. The highest BCUT2D eigenvalue weighted by Crippen LogP contribution is 2.28. The number of hydrogen-bond donors (Lipinski definition) is 1. The van der Waals surface area contributed by atoms with E-state index in [1.54, 1.807) is 0 Å². The fourth-order valence-electron chi connectivity index (χ4n) is 2.60. The summed E-state index contributed by atoms with van der Waals surface area (Å²) in [6.07, 6.45) is 1.09. The lowest BCUT2D eigenvalue weighted by Gasteiger charge is -2.30. The quantitative estimate of drug-likeness (QED) is 0.861. The number of esters is 1. The summed E-state index contributed by atoms with van der Waals surface area (Å²) in [5, 5.41) is 8.94. The van der Waals surface area contributed by atoms with Crippen LogP contribution in [0.3, 0.4) is 0 Å². The average molecular weight is 277 g/mol. The van der Waals surface area contributed by atoms with Crippen LogP contribution in [0.15, 0.2) is 24.3 Å². The van der Waals surface area contributed by atoms with Crippen LogP contribution in [0.25, 0.3) is 0 Å². The Morgan fingerprint density at radius 1 is 1.35 bits per heavy atom. The van der Waals surface area contributed by atoms with Gasteiger partial charge in [0.15, 0.2) is 0 Å². The molecule has 1 aromatic rings. The van der Waals surface area contributed by atoms with Crippen LogP contribution in [0.5, 0.6) is 0 Å². The van der Waals surface area contributed by atoms with Gasteiger partial charge in [-0.05, 0) is 29.9 Å².